The van der Waals surface area contributed by atoms with Gasteiger partial charge in [-0.25, -0.2) is 0 Å². The third-order valence-corrected chi connectivity index (χ3v) is 5.49. The van der Waals surface area contributed by atoms with Gasteiger partial charge in [-0.1, -0.05) is 100 Å². The van der Waals surface area contributed by atoms with Crippen LogP contribution < -0.4 is 0 Å². The van der Waals surface area contributed by atoms with Crippen molar-refractivity contribution >= 4 is 11.9 Å². The van der Waals surface area contributed by atoms with Crippen LogP contribution in [0.3, 0.4) is 0 Å². The number of carbonyl (C=O) groups is 2. The predicted molar refractivity (Wildman–Crippen MR) is 148 cm³/mol. The van der Waals surface area contributed by atoms with Crippen molar-refractivity contribution in [2.75, 3.05) is 0 Å². The van der Waals surface area contributed by atoms with Crippen molar-refractivity contribution in [3.05, 3.63) is 60.8 Å². The van der Waals surface area contributed by atoms with Gasteiger partial charge in [-0.05, 0) is 64.2 Å². The van der Waals surface area contributed by atoms with Crippen molar-refractivity contribution in [1.82, 2.24) is 0 Å². The Bertz CT molecular complexity index is 655. The first-order valence-electron chi connectivity index (χ1n) is 13.8. The maximum Gasteiger partial charge on any atom is 0.307 e. The number of ether oxygens (including phenoxy) is 1. The highest BCUT2D eigenvalue weighted by Gasteiger charge is 2.17. The number of carboxylic acid groups (broad SMARTS) is 1. The summed E-state index contributed by atoms with van der Waals surface area (Å²) < 4.78 is 5.43. The number of hydrogen-bond donors (Lipinski definition) is 1. The number of rotatable bonds is 23. The predicted octanol–water partition coefficient (Wildman–Crippen LogP) is 9.05. The number of unbranched alkanes of at least 4 members (excludes halogenated alkanes) is 6. The molecular weight excluding hydrogens is 436 g/mol. The number of carbonyl (C=O) groups excluding carboxylic acids is 1. The molecule has 1 unspecified atom stereocenters. The molecule has 35 heavy (non-hydrogen) atoms. The first-order valence-corrected chi connectivity index (χ1v) is 13.8. The zero-order chi connectivity index (χ0) is 25.8. The Morgan fingerprint density at radius 3 is 1.77 bits per heavy atom. The molecule has 0 aliphatic heterocycles. The van der Waals surface area contributed by atoms with Crippen molar-refractivity contribution < 1.29 is 19.4 Å². The molecule has 0 amide bonds. The van der Waals surface area contributed by atoms with Crippen molar-refractivity contribution in [3.63, 3.8) is 0 Å². The summed E-state index contributed by atoms with van der Waals surface area (Å²) in [5, 5.41) is 9.04. The molecule has 0 aromatic heterocycles. The van der Waals surface area contributed by atoms with E-state index in [2.05, 4.69) is 74.6 Å². The van der Waals surface area contributed by atoms with Gasteiger partial charge in [-0.3, -0.25) is 9.59 Å². The second kappa shape index (κ2) is 26.2. The largest absolute Gasteiger partial charge is 0.481 e. The van der Waals surface area contributed by atoms with Crippen LogP contribution in [0.5, 0.6) is 0 Å². The Morgan fingerprint density at radius 2 is 1.23 bits per heavy atom. The highest BCUT2D eigenvalue weighted by molar-refractivity contribution is 5.71. The average molecular weight is 487 g/mol. The van der Waals surface area contributed by atoms with E-state index in [-0.39, 0.29) is 12.4 Å². The molecule has 0 aliphatic carbocycles. The van der Waals surface area contributed by atoms with Gasteiger partial charge >= 0.3 is 11.9 Å². The van der Waals surface area contributed by atoms with E-state index in [4.69, 9.17) is 9.84 Å². The van der Waals surface area contributed by atoms with Crippen molar-refractivity contribution in [2.45, 2.75) is 123 Å². The van der Waals surface area contributed by atoms with Crippen LogP contribution in [-0.4, -0.2) is 23.1 Å². The van der Waals surface area contributed by atoms with Gasteiger partial charge in [0.2, 0.25) is 0 Å². The molecule has 0 bridgehead atoms. The maximum absolute atomic E-state index is 12.1. The molecule has 4 heteroatoms. The van der Waals surface area contributed by atoms with Gasteiger partial charge in [0.05, 0.1) is 6.42 Å². The Labute approximate surface area is 214 Å². The zero-order valence-corrected chi connectivity index (χ0v) is 22.3. The van der Waals surface area contributed by atoms with Crippen LogP contribution in [0.15, 0.2) is 60.8 Å². The fourth-order valence-corrected chi connectivity index (χ4v) is 3.52. The van der Waals surface area contributed by atoms with E-state index in [1.54, 1.807) is 0 Å². The van der Waals surface area contributed by atoms with Crippen LogP contribution in [-0.2, 0) is 14.3 Å². The Morgan fingerprint density at radius 1 is 0.686 bits per heavy atom. The minimum atomic E-state index is -0.907. The van der Waals surface area contributed by atoms with Gasteiger partial charge in [-0.15, -0.1) is 0 Å². The Hall–Kier alpha value is -2.36. The van der Waals surface area contributed by atoms with E-state index in [0.29, 0.717) is 12.8 Å². The van der Waals surface area contributed by atoms with E-state index in [1.807, 2.05) is 0 Å². The van der Waals surface area contributed by atoms with Crippen LogP contribution >= 0.6 is 0 Å². The lowest BCUT2D eigenvalue weighted by Gasteiger charge is -2.16. The first kappa shape index (κ1) is 32.6. The topological polar surface area (TPSA) is 63.6 Å². The van der Waals surface area contributed by atoms with Gasteiger partial charge in [0.1, 0.15) is 6.10 Å². The minimum Gasteiger partial charge on any atom is -0.481 e. The van der Waals surface area contributed by atoms with E-state index >= 15 is 0 Å². The molecule has 0 saturated heterocycles. The lowest BCUT2D eigenvalue weighted by Crippen LogP contribution is -2.21. The number of carboxylic acids is 1. The third-order valence-electron chi connectivity index (χ3n) is 5.49. The summed E-state index contributed by atoms with van der Waals surface area (Å²) in [4.78, 5) is 23.1. The molecule has 0 aliphatic rings. The smallest absolute Gasteiger partial charge is 0.307 e. The summed E-state index contributed by atoms with van der Waals surface area (Å²) in [5.41, 5.74) is 0. The third kappa shape index (κ3) is 26.1. The van der Waals surface area contributed by atoms with Crippen LogP contribution in [0.1, 0.15) is 117 Å². The van der Waals surface area contributed by atoms with Crippen molar-refractivity contribution in [1.29, 1.82) is 0 Å². The number of aliphatic carboxylic acids is 1. The number of allylic oxidation sites excluding steroid dienone is 10. The molecule has 4 nitrogen and oxygen atoms in total. The van der Waals surface area contributed by atoms with Gasteiger partial charge in [0.15, 0.2) is 0 Å². The maximum atomic E-state index is 12.1. The monoisotopic (exact) mass is 486 g/mol. The molecule has 1 atom stereocenters. The van der Waals surface area contributed by atoms with E-state index in [1.165, 1.54) is 0 Å². The summed E-state index contributed by atoms with van der Waals surface area (Å²) >= 11 is 0. The van der Waals surface area contributed by atoms with Crippen LogP contribution in [0.25, 0.3) is 0 Å². The molecule has 0 rings (SSSR count). The van der Waals surface area contributed by atoms with Crippen molar-refractivity contribution in [3.8, 4) is 0 Å². The molecule has 1 N–H and O–H groups in total. The summed E-state index contributed by atoms with van der Waals surface area (Å²) in [7, 11) is 0. The van der Waals surface area contributed by atoms with Crippen LogP contribution in [0.2, 0.25) is 0 Å². The Kier molecular flexibility index (Phi) is 24.5. The highest BCUT2D eigenvalue weighted by atomic mass is 16.5. The molecular formula is C31H50O4. The lowest BCUT2D eigenvalue weighted by atomic mass is 10.1. The SMILES string of the molecule is CC/C=C\C/C=C\C/C=C\C/C=C\C/C=C\CCCCCC(=O)OC(CCCCCC)CC(=O)O. The van der Waals surface area contributed by atoms with Crippen LogP contribution in [0.4, 0.5) is 0 Å². The number of esters is 1. The van der Waals surface area contributed by atoms with E-state index < -0.39 is 12.1 Å². The molecule has 0 saturated carbocycles. The molecule has 0 fully saturated rings. The van der Waals surface area contributed by atoms with Gasteiger partial charge < -0.3 is 9.84 Å². The zero-order valence-electron chi connectivity index (χ0n) is 22.3. The van der Waals surface area contributed by atoms with E-state index in [0.717, 1.165) is 83.5 Å². The van der Waals surface area contributed by atoms with E-state index in [9.17, 15) is 9.59 Å². The fraction of sp³-hybridized carbons (Fsp3) is 0.613. The second-order valence-corrected chi connectivity index (χ2v) is 8.87. The number of hydrogen-bond acceptors (Lipinski definition) is 3. The summed E-state index contributed by atoms with van der Waals surface area (Å²) in [6.07, 6.45) is 35.5. The lowest BCUT2D eigenvalue weighted by molar-refractivity contribution is -0.153. The second-order valence-electron chi connectivity index (χ2n) is 8.87. The van der Waals surface area contributed by atoms with Gasteiger partial charge in [-0.2, -0.15) is 0 Å². The normalized spacial score (nSPS) is 13.2. The molecule has 198 valence electrons. The highest BCUT2D eigenvalue weighted by Crippen LogP contribution is 2.14. The van der Waals surface area contributed by atoms with Gasteiger partial charge in [0, 0.05) is 6.42 Å². The average Bonchev–Trinajstić information content (AvgIpc) is 2.82. The Balaban J connectivity index is 3.75. The first-order chi connectivity index (χ1) is 17.1. The summed E-state index contributed by atoms with van der Waals surface area (Å²) in [6.45, 7) is 4.28. The molecule has 0 radical (unpaired) electrons. The fourth-order valence-electron chi connectivity index (χ4n) is 3.52. The van der Waals surface area contributed by atoms with Crippen LogP contribution in [0, 0.1) is 0 Å². The summed E-state index contributed by atoms with van der Waals surface area (Å²) in [5.74, 6) is -1.17. The molecule has 0 heterocycles. The summed E-state index contributed by atoms with van der Waals surface area (Å²) in [6, 6.07) is 0. The minimum absolute atomic E-state index is 0.0953. The molecule has 0 aromatic carbocycles. The standard InChI is InChI=1S/C31H50O4/c1-3-5-7-9-10-11-12-13-14-15-16-17-18-19-20-21-22-23-25-27-31(34)35-29(28-30(32)33)26-24-8-6-4-2/h5,7,10-11,13-14,16-17,19-20,29H,3-4,6,8-9,12,15,18,21-28H2,1-2H3,(H,32,33)/b7-5-,11-10-,14-13-,17-16-,20-19-. The van der Waals surface area contributed by atoms with Gasteiger partial charge in [0.25, 0.3) is 0 Å². The molecule has 0 spiro atoms. The quantitative estimate of drug-likeness (QED) is 0.0888. The van der Waals surface area contributed by atoms with Crippen molar-refractivity contribution in [2.24, 2.45) is 0 Å². The molecule has 0 aromatic rings.